The summed E-state index contributed by atoms with van der Waals surface area (Å²) in [5.74, 6) is 0. The summed E-state index contributed by atoms with van der Waals surface area (Å²) in [6.07, 6.45) is 1.54. The van der Waals surface area contributed by atoms with Gasteiger partial charge in [-0.05, 0) is 28.1 Å². The van der Waals surface area contributed by atoms with Gasteiger partial charge >= 0.3 is 0 Å². The maximum atomic E-state index is 10.1. The Morgan fingerprint density at radius 2 is 1.83 bits per heavy atom. The van der Waals surface area contributed by atoms with Crippen molar-refractivity contribution in [2.24, 2.45) is 0 Å². The lowest BCUT2D eigenvalue weighted by molar-refractivity contribution is 0.546. The van der Waals surface area contributed by atoms with Crippen LogP contribution in [0.4, 0.5) is 0 Å². The monoisotopic (exact) mass is 184 g/mol. The fraction of sp³-hybridized carbons (Fsp3) is 0. The maximum absolute atomic E-state index is 10.1. The lowest BCUT2D eigenvalue weighted by Crippen LogP contribution is -1.76. The minimum absolute atomic E-state index is 0. The minimum atomic E-state index is -2.10. The number of hydrogen-bond donors (Lipinski definition) is 1. The van der Waals surface area contributed by atoms with Crippen molar-refractivity contribution in [2.75, 3.05) is 0 Å². The smallest absolute Gasteiger partial charge is 0.0109 e. The lowest BCUT2D eigenvalue weighted by atomic mass is 10.2. The van der Waals surface area contributed by atoms with Crippen LogP contribution >= 0.6 is 0 Å². The summed E-state index contributed by atoms with van der Waals surface area (Å²) in [7, 11) is 0. The Hall–Kier alpha value is -0.970. The first kappa shape index (κ1) is 11.0. The molecule has 1 unspecified atom stereocenters. The molecule has 0 aliphatic heterocycles. The van der Waals surface area contributed by atoms with Crippen LogP contribution in [0.2, 0.25) is 0 Å². The molecular weight excluding hydrogens is 174 g/mol. The Bertz CT molecular complexity index is 272. The third-order valence-corrected chi connectivity index (χ3v) is 1.53. The van der Waals surface area contributed by atoms with Crippen LogP contribution in [0.1, 0.15) is 5.56 Å². The van der Waals surface area contributed by atoms with Gasteiger partial charge in [0.2, 0.25) is 0 Å². The molecule has 0 saturated carbocycles. The molecule has 12 heavy (non-hydrogen) atoms. The topological polar surface area (TPSA) is 75.1 Å². The quantitative estimate of drug-likeness (QED) is 0.711. The van der Waals surface area contributed by atoms with Crippen molar-refractivity contribution >= 4 is 17.2 Å². The molecule has 0 radical (unpaired) electrons. The first-order valence-electron chi connectivity index (χ1n) is 3.10. The highest BCUT2D eigenvalue weighted by Crippen LogP contribution is 2.00. The Morgan fingerprint density at radius 1 is 1.25 bits per heavy atom. The largest absolute Gasteiger partial charge is 0.769 e. The van der Waals surface area contributed by atoms with Crippen molar-refractivity contribution in [1.82, 2.24) is 6.15 Å². The normalized spacial score (nSPS) is 12.4. The molecule has 1 aromatic rings. The van der Waals surface area contributed by atoms with Crippen molar-refractivity contribution in [3.05, 3.63) is 41.3 Å². The second-order valence-electron chi connectivity index (χ2n) is 1.97. The highest BCUT2D eigenvalue weighted by Gasteiger charge is 1.80. The van der Waals surface area contributed by atoms with Gasteiger partial charge in [-0.3, -0.25) is 4.21 Å². The van der Waals surface area contributed by atoms with Crippen LogP contribution in [0.25, 0.3) is 6.08 Å². The van der Waals surface area contributed by atoms with E-state index in [2.05, 4.69) is 0 Å². The van der Waals surface area contributed by atoms with Crippen molar-refractivity contribution in [2.45, 2.75) is 0 Å². The van der Waals surface area contributed by atoms with Gasteiger partial charge in [-0.25, -0.2) is 0 Å². The lowest BCUT2D eigenvalue weighted by Gasteiger charge is -1.94. The van der Waals surface area contributed by atoms with Crippen LogP contribution in [0.5, 0.6) is 0 Å². The fourth-order valence-corrected chi connectivity index (χ4v) is 0.967. The molecule has 1 aromatic carbocycles. The molecule has 3 nitrogen and oxygen atoms in total. The van der Waals surface area contributed by atoms with Crippen molar-refractivity contribution in [3.63, 3.8) is 0 Å². The van der Waals surface area contributed by atoms with Gasteiger partial charge in [0, 0.05) is 0 Å². The zero-order valence-corrected chi connectivity index (χ0v) is 7.29. The molecule has 0 heterocycles. The van der Waals surface area contributed by atoms with E-state index in [4.69, 9.17) is 0 Å². The Morgan fingerprint density at radius 3 is 2.33 bits per heavy atom. The Kier molecular flexibility index (Phi) is 5.19. The summed E-state index contributed by atoms with van der Waals surface area (Å²) in [5, 5.41) is 1.12. The zero-order valence-electron chi connectivity index (χ0n) is 6.47. The highest BCUT2D eigenvalue weighted by atomic mass is 32.2. The van der Waals surface area contributed by atoms with Crippen molar-refractivity contribution < 1.29 is 8.76 Å². The highest BCUT2D eigenvalue weighted by molar-refractivity contribution is 7.82. The summed E-state index contributed by atoms with van der Waals surface area (Å²) in [6, 6.07) is 9.26. The molecule has 0 amide bonds. The molecule has 0 bridgehead atoms. The summed E-state index contributed by atoms with van der Waals surface area (Å²) in [5.41, 5.74) is 0.886. The second kappa shape index (κ2) is 5.65. The van der Waals surface area contributed by atoms with Gasteiger partial charge in [-0.1, -0.05) is 30.3 Å². The average Bonchev–Trinajstić information content (AvgIpc) is 2.03. The number of hydrogen-bond acceptors (Lipinski definition) is 3. The molecule has 0 aliphatic rings. The molecule has 0 spiro atoms. The third-order valence-electron chi connectivity index (χ3n) is 1.17. The SMILES string of the molecule is N.O=S([O-])C=Cc1ccccc1. The van der Waals surface area contributed by atoms with Gasteiger partial charge in [0.25, 0.3) is 0 Å². The summed E-state index contributed by atoms with van der Waals surface area (Å²) >= 11 is -2.10. The predicted molar refractivity (Wildman–Crippen MR) is 49.4 cm³/mol. The Labute approximate surface area is 74.0 Å². The van der Waals surface area contributed by atoms with Crippen LogP contribution in [-0.4, -0.2) is 8.76 Å². The van der Waals surface area contributed by atoms with E-state index < -0.39 is 11.1 Å². The molecule has 0 saturated heterocycles. The predicted octanol–water partition coefficient (Wildman–Crippen LogP) is 1.70. The minimum Gasteiger partial charge on any atom is -0.769 e. The molecule has 0 fully saturated rings. The van der Waals surface area contributed by atoms with Crippen LogP contribution in [-0.2, 0) is 11.1 Å². The van der Waals surface area contributed by atoms with E-state index in [0.717, 1.165) is 11.0 Å². The maximum Gasteiger partial charge on any atom is -0.0109 e. The first-order valence-corrected chi connectivity index (χ1v) is 4.24. The van der Waals surface area contributed by atoms with E-state index in [0.29, 0.717) is 0 Å². The molecular formula is C8H10NO2S-. The zero-order chi connectivity index (χ0) is 8.10. The summed E-state index contributed by atoms with van der Waals surface area (Å²) in [4.78, 5) is 0. The molecule has 0 aromatic heterocycles. The fourth-order valence-electron chi connectivity index (χ4n) is 0.698. The van der Waals surface area contributed by atoms with E-state index in [1.54, 1.807) is 6.08 Å². The number of rotatable bonds is 2. The molecule has 1 rings (SSSR count). The molecule has 4 heteroatoms. The van der Waals surface area contributed by atoms with Crippen LogP contribution in [0, 0.1) is 0 Å². The standard InChI is InChI=1S/C8H8O2S.H3N/c9-11(10)7-6-8-4-2-1-3-5-8;/h1-7H,(H,9,10);1H3/p-1. The van der Waals surface area contributed by atoms with Gasteiger partial charge < -0.3 is 10.7 Å². The van der Waals surface area contributed by atoms with Crippen molar-refractivity contribution in [1.29, 1.82) is 0 Å². The van der Waals surface area contributed by atoms with E-state index in [1.807, 2.05) is 30.3 Å². The van der Waals surface area contributed by atoms with Gasteiger partial charge in [0.15, 0.2) is 0 Å². The molecule has 3 N–H and O–H groups in total. The van der Waals surface area contributed by atoms with E-state index in [-0.39, 0.29) is 6.15 Å². The van der Waals surface area contributed by atoms with Crippen molar-refractivity contribution in [3.8, 4) is 0 Å². The average molecular weight is 184 g/mol. The second-order valence-corrected chi connectivity index (χ2v) is 2.77. The summed E-state index contributed by atoms with van der Waals surface area (Å²) < 4.78 is 20.2. The third kappa shape index (κ3) is 4.02. The Balaban J connectivity index is 0.00000121. The van der Waals surface area contributed by atoms with Gasteiger partial charge in [0.05, 0.1) is 0 Å². The van der Waals surface area contributed by atoms with Crippen LogP contribution in [0.3, 0.4) is 0 Å². The molecule has 1 atom stereocenters. The van der Waals surface area contributed by atoms with Crippen LogP contribution < -0.4 is 6.15 Å². The molecule has 66 valence electrons. The van der Waals surface area contributed by atoms with E-state index in [1.165, 1.54) is 0 Å². The summed E-state index contributed by atoms with van der Waals surface area (Å²) in [6.45, 7) is 0. The van der Waals surface area contributed by atoms with E-state index in [9.17, 15) is 8.76 Å². The van der Waals surface area contributed by atoms with Gasteiger partial charge in [-0.2, -0.15) is 0 Å². The van der Waals surface area contributed by atoms with Gasteiger partial charge in [-0.15, -0.1) is 0 Å². The van der Waals surface area contributed by atoms with E-state index >= 15 is 0 Å². The number of benzene rings is 1. The van der Waals surface area contributed by atoms with Gasteiger partial charge in [0.1, 0.15) is 0 Å². The first-order chi connectivity index (χ1) is 5.29. The molecule has 0 aliphatic carbocycles. The van der Waals surface area contributed by atoms with Crippen LogP contribution in [0.15, 0.2) is 35.7 Å².